The third-order valence-electron chi connectivity index (χ3n) is 2.48. The van der Waals surface area contributed by atoms with Crippen LogP contribution in [-0.2, 0) is 0 Å². The van der Waals surface area contributed by atoms with Gasteiger partial charge in [-0.15, -0.1) is 0 Å². The van der Waals surface area contributed by atoms with E-state index in [1.807, 2.05) is 13.8 Å². The summed E-state index contributed by atoms with van der Waals surface area (Å²) in [6, 6.07) is 3.95. The van der Waals surface area contributed by atoms with Crippen molar-refractivity contribution in [3.05, 3.63) is 38.9 Å². The van der Waals surface area contributed by atoms with Crippen LogP contribution < -0.4 is 10.6 Å². The summed E-state index contributed by atoms with van der Waals surface area (Å²) in [6.07, 6.45) is 0. The molecule has 104 valence electrons. The first-order valence-corrected chi connectivity index (χ1v) is 6.28. The lowest BCUT2D eigenvalue weighted by atomic mass is 10.2. The Morgan fingerprint density at radius 2 is 2.16 bits per heavy atom. The van der Waals surface area contributed by atoms with Crippen molar-refractivity contribution in [1.29, 1.82) is 0 Å². The Kier molecular flexibility index (Phi) is 5.72. The number of nitro benzene ring substituents is 1. The van der Waals surface area contributed by atoms with Gasteiger partial charge in [-0.05, 0) is 19.5 Å². The van der Waals surface area contributed by atoms with Gasteiger partial charge in [0.1, 0.15) is 0 Å². The molecule has 0 unspecified atom stereocenters. The Bertz CT molecular complexity index is 479. The van der Waals surface area contributed by atoms with Crippen LogP contribution in [0.25, 0.3) is 0 Å². The number of likely N-dealkylation sites (N-methyl/N-ethyl adjacent to an activating group) is 1. The van der Waals surface area contributed by atoms with Crippen molar-refractivity contribution < 1.29 is 9.72 Å². The third-order valence-corrected chi connectivity index (χ3v) is 2.70. The third kappa shape index (κ3) is 4.84. The van der Waals surface area contributed by atoms with Crippen LogP contribution in [0.3, 0.4) is 0 Å². The number of nitrogens with zero attached hydrogens (tertiary/aromatic N) is 1. The Morgan fingerprint density at radius 1 is 1.47 bits per heavy atom. The van der Waals surface area contributed by atoms with Crippen LogP contribution in [0.2, 0.25) is 5.02 Å². The second-order valence-corrected chi connectivity index (χ2v) is 4.56. The van der Waals surface area contributed by atoms with Crippen molar-refractivity contribution in [2.75, 3.05) is 13.1 Å². The fraction of sp³-hybridized carbons (Fsp3) is 0.417. The lowest BCUT2D eigenvalue weighted by Crippen LogP contribution is -2.38. The molecule has 0 spiro atoms. The molecule has 1 amide bonds. The van der Waals surface area contributed by atoms with Crippen LogP contribution in [0, 0.1) is 10.1 Å². The molecule has 1 aromatic rings. The zero-order chi connectivity index (χ0) is 14.4. The van der Waals surface area contributed by atoms with Crippen molar-refractivity contribution in [3.63, 3.8) is 0 Å². The number of halogens is 1. The Hall–Kier alpha value is -1.66. The van der Waals surface area contributed by atoms with Gasteiger partial charge in [-0.3, -0.25) is 14.9 Å². The number of benzene rings is 1. The number of non-ortho nitro benzene ring substituents is 1. The molecule has 0 radical (unpaired) electrons. The zero-order valence-electron chi connectivity index (χ0n) is 10.8. The second kappa shape index (κ2) is 7.06. The van der Waals surface area contributed by atoms with Gasteiger partial charge >= 0.3 is 0 Å². The van der Waals surface area contributed by atoms with E-state index in [0.29, 0.717) is 6.54 Å². The van der Waals surface area contributed by atoms with Gasteiger partial charge in [0, 0.05) is 35.3 Å². The minimum absolute atomic E-state index is 0.128. The highest BCUT2D eigenvalue weighted by molar-refractivity contribution is 6.31. The predicted octanol–water partition coefficient (Wildman–Crippen LogP) is 1.98. The highest BCUT2D eigenvalue weighted by Gasteiger charge is 2.14. The van der Waals surface area contributed by atoms with Gasteiger partial charge in [-0.1, -0.05) is 18.5 Å². The Balaban J connectivity index is 2.74. The van der Waals surface area contributed by atoms with Crippen LogP contribution in [0.15, 0.2) is 18.2 Å². The number of nitro groups is 1. The number of carbonyl (C=O) groups excluding carboxylic acids is 1. The average molecular weight is 286 g/mol. The van der Waals surface area contributed by atoms with E-state index in [2.05, 4.69) is 10.6 Å². The summed E-state index contributed by atoms with van der Waals surface area (Å²) < 4.78 is 0. The van der Waals surface area contributed by atoms with Gasteiger partial charge < -0.3 is 10.6 Å². The number of nitrogens with one attached hydrogen (secondary N) is 2. The fourth-order valence-electron chi connectivity index (χ4n) is 1.58. The molecule has 0 aliphatic rings. The Morgan fingerprint density at radius 3 is 2.74 bits per heavy atom. The molecule has 0 saturated carbocycles. The molecular formula is C12H16ClN3O3. The summed E-state index contributed by atoms with van der Waals surface area (Å²) in [6.45, 7) is 5.15. The maximum atomic E-state index is 11.9. The molecule has 0 heterocycles. The van der Waals surface area contributed by atoms with Crippen molar-refractivity contribution in [2.24, 2.45) is 0 Å². The molecule has 19 heavy (non-hydrogen) atoms. The van der Waals surface area contributed by atoms with E-state index in [4.69, 9.17) is 11.6 Å². The summed E-state index contributed by atoms with van der Waals surface area (Å²) in [4.78, 5) is 22.0. The first-order chi connectivity index (χ1) is 8.93. The van der Waals surface area contributed by atoms with Crippen LogP contribution >= 0.6 is 11.6 Å². The first-order valence-electron chi connectivity index (χ1n) is 5.90. The quantitative estimate of drug-likeness (QED) is 0.618. The first kappa shape index (κ1) is 15.4. The largest absolute Gasteiger partial charge is 0.350 e. The molecule has 0 aliphatic carbocycles. The topological polar surface area (TPSA) is 84.3 Å². The second-order valence-electron chi connectivity index (χ2n) is 4.12. The van der Waals surface area contributed by atoms with Crippen molar-refractivity contribution in [1.82, 2.24) is 10.6 Å². The lowest BCUT2D eigenvalue weighted by molar-refractivity contribution is -0.384. The molecule has 1 rings (SSSR count). The van der Waals surface area contributed by atoms with Crippen molar-refractivity contribution >= 4 is 23.2 Å². The number of carbonyl (C=O) groups is 1. The summed E-state index contributed by atoms with van der Waals surface area (Å²) >= 11 is 5.75. The summed E-state index contributed by atoms with van der Waals surface area (Å²) in [5.74, 6) is -0.379. The van der Waals surface area contributed by atoms with Crippen LogP contribution in [0.5, 0.6) is 0 Å². The van der Waals surface area contributed by atoms with E-state index in [9.17, 15) is 14.9 Å². The van der Waals surface area contributed by atoms with Gasteiger partial charge in [0.15, 0.2) is 0 Å². The van der Waals surface area contributed by atoms with Gasteiger partial charge in [0.2, 0.25) is 0 Å². The number of hydrogen-bond donors (Lipinski definition) is 2. The molecule has 2 N–H and O–H groups in total. The molecular weight excluding hydrogens is 270 g/mol. The van der Waals surface area contributed by atoms with Gasteiger partial charge in [-0.2, -0.15) is 0 Å². The van der Waals surface area contributed by atoms with E-state index in [0.717, 1.165) is 6.54 Å². The maximum absolute atomic E-state index is 11.9. The number of rotatable bonds is 6. The maximum Gasteiger partial charge on any atom is 0.271 e. The predicted molar refractivity (Wildman–Crippen MR) is 73.6 cm³/mol. The number of amides is 1. The molecule has 1 atom stereocenters. The summed E-state index contributed by atoms with van der Waals surface area (Å²) in [5.41, 5.74) is -0.0136. The summed E-state index contributed by atoms with van der Waals surface area (Å²) in [5, 5.41) is 16.7. The van der Waals surface area contributed by atoms with E-state index in [1.165, 1.54) is 18.2 Å². The minimum Gasteiger partial charge on any atom is -0.350 e. The minimum atomic E-state index is -0.579. The van der Waals surface area contributed by atoms with Gasteiger partial charge in [0.25, 0.3) is 11.6 Å². The van der Waals surface area contributed by atoms with Crippen LogP contribution in [0.1, 0.15) is 24.2 Å². The van der Waals surface area contributed by atoms with E-state index < -0.39 is 4.92 Å². The van der Waals surface area contributed by atoms with Crippen molar-refractivity contribution in [2.45, 2.75) is 19.9 Å². The van der Waals surface area contributed by atoms with Gasteiger partial charge in [-0.25, -0.2) is 0 Å². The molecule has 0 bridgehead atoms. The molecule has 7 heteroatoms. The highest BCUT2D eigenvalue weighted by atomic mass is 35.5. The smallest absolute Gasteiger partial charge is 0.271 e. The normalized spacial score (nSPS) is 11.9. The van der Waals surface area contributed by atoms with E-state index in [-0.39, 0.29) is 28.2 Å². The molecule has 0 aromatic heterocycles. The SMILES string of the molecule is CCN[C@H](C)CNC(=O)c1cc(Cl)cc([N+](=O)[O-])c1. The molecule has 6 nitrogen and oxygen atoms in total. The van der Waals surface area contributed by atoms with Crippen LogP contribution in [0.4, 0.5) is 5.69 Å². The highest BCUT2D eigenvalue weighted by Crippen LogP contribution is 2.20. The van der Waals surface area contributed by atoms with Crippen molar-refractivity contribution in [3.8, 4) is 0 Å². The molecule has 0 aliphatic heterocycles. The summed E-state index contributed by atoms with van der Waals surface area (Å²) in [7, 11) is 0. The molecule has 0 saturated heterocycles. The number of hydrogen-bond acceptors (Lipinski definition) is 4. The monoisotopic (exact) mass is 285 g/mol. The Labute approximate surface area is 116 Å². The molecule has 1 aromatic carbocycles. The van der Waals surface area contributed by atoms with Crippen LogP contribution in [-0.4, -0.2) is 30.0 Å². The fourth-order valence-corrected chi connectivity index (χ4v) is 1.81. The lowest BCUT2D eigenvalue weighted by Gasteiger charge is -2.13. The molecule has 0 fully saturated rings. The van der Waals surface area contributed by atoms with Gasteiger partial charge in [0.05, 0.1) is 4.92 Å². The van der Waals surface area contributed by atoms with E-state index in [1.54, 1.807) is 0 Å². The van der Waals surface area contributed by atoms with E-state index >= 15 is 0 Å². The average Bonchev–Trinajstić information content (AvgIpc) is 2.35. The standard InChI is InChI=1S/C12H16ClN3O3/c1-3-14-8(2)7-15-12(17)9-4-10(13)6-11(5-9)16(18)19/h4-6,8,14H,3,7H2,1-2H3,(H,15,17)/t8-/m1/s1. The zero-order valence-corrected chi connectivity index (χ0v) is 11.5.